The molecule has 0 aromatic carbocycles. The number of hydrogen-bond acceptors (Lipinski definition) is 7. The third-order valence-corrected chi connectivity index (χ3v) is 9.06. The maximum absolute atomic E-state index is 13.2. The Morgan fingerprint density at radius 2 is 1.97 bits per heavy atom. The molecule has 0 aliphatic carbocycles. The number of nitrogens with zero attached hydrogens (tertiary/aromatic N) is 4. The zero-order chi connectivity index (χ0) is 23.5. The Morgan fingerprint density at radius 3 is 2.79 bits per heavy atom. The first-order chi connectivity index (χ1) is 16.5. The van der Waals surface area contributed by atoms with Crippen LogP contribution in [0.3, 0.4) is 0 Å². The van der Waals surface area contributed by atoms with E-state index in [0.717, 1.165) is 66.4 Å². The van der Waals surface area contributed by atoms with Gasteiger partial charge in [0.25, 0.3) is 0 Å². The van der Waals surface area contributed by atoms with Crippen molar-refractivity contribution in [2.75, 3.05) is 57.2 Å². The van der Waals surface area contributed by atoms with E-state index < -0.39 is 10.0 Å². The van der Waals surface area contributed by atoms with E-state index in [2.05, 4.69) is 25.9 Å². The third-order valence-electron chi connectivity index (χ3n) is 7.05. The second-order valence-electron chi connectivity index (χ2n) is 9.29. The Balaban J connectivity index is 1.22. The fourth-order valence-electron chi connectivity index (χ4n) is 5.24. The summed E-state index contributed by atoms with van der Waals surface area (Å²) in [5.41, 5.74) is 2.89. The maximum Gasteiger partial charge on any atom is 0.214 e. The van der Waals surface area contributed by atoms with Gasteiger partial charge in [0.15, 0.2) is 5.65 Å². The van der Waals surface area contributed by atoms with Crippen LogP contribution in [0.4, 0.5) is 5.69 Å². The molecular formula is C24H33N5O4S. The van der Waals surface area contributed by atoms with Gasteiger partial charge in [-0.25, -0.2) is 18.4 Å². The number of pyridine rings is 2. The van der Waals surface area contributed by atoms with Crippen LogP contribution < -0.4 is 4.90 Å². The molecule has 0 radical (unpaired) electrons. The molecule has 3 aromatic rings. The molecule has 184 valence electrons. The minimum atomic E-state index is -3.30. The number of nitrogens with one attached hydrogen (secondary N) is 1. The van der Waals surface area contributed by atoms with Crippen molar-refractivity contribution in [1.82, 2.24) is 19.3 Å². The lowest BCUT2D eigenvalue weighted by Crippen LogP contribution is -2.46. The van der Waals surface area contributed by atoms with E-state index in [0.29, 0.717) is 26.3 Å². The Bertz CT molecular complexity index is 1220. The van der Waals surface area contributed by atoms with Gasteiger partial charge in [-0.15, -0.1) is 0 Å². The molecular weight excluding hydrogens is 454 g/mol. The van der Waals surface area contributed by atoms with Crippen molar-refractivity contribution in [2.24, 2.45) is 5.92 Å². The van der Waals surface area contributed by atoms with Crippen molar-refractivity contribution >= 4 is 37.6 Å². The molecule has 0 amide bonds. The quantitative estimate of drug-likeness (QED) is 0.488. The third kappa shape index (κ3) is 4.91. The highest BCUT2D eigenvalue weighted by atomic mass is 32.2. The average Bonchev–Trinajstić information content (AvgIpc) is 3.34. The van der Waals surface area contributed by atoms with Gasteiger partial charge < -0.3 is 19.4 Å². The van der Waals surface area contributed by atoms with Crippen LogP contribution >= 0.6 is 0 Å². The van der Waals surface area contributed by atoms with Crippen molar-refractivity contribution < 1.29 is 17.9 Å². The normalized spacial score (nSPS) is 21.0. The molecule has 2 aliphatic rings. The first kappa shape index (κ1) is 23.5. The largest absolute Gasteiger partial charge is 0.382 e. The predicted octanol–water partition coefficient (Wildman–Crippen LogP) is 2.78. The highest BCUT2D eigenvalue weighted by Gasteiger charge is 2.33. The summed E-state index contributed by atoms with van der Waals surface area (Å²) in [5.74, 6) is 0.385. The fraction of sp³-hybridized carbons (Fsp3) is 0.583. The van der Waals surface area contributed by atoms with Gasteiger partial charge in [0.2, 0.25) is 10.0 Å². The standard InChI is InChI=1S/C24H33N5O4S/c1-32-13-14-33-19-3-2-10-29(16-19)34(30,31)17-18-6-11-28(12-7-18)22-5-9-25-21-15-27-24-20(23(21)22)4-8-26-24/h4-5,8-9,15,18-19,25H,2-3,6-7,10-14,16-17H2,1H3. The molecule has 0 spiro atoms. The Hall–Kier alpha value is -2.27. The van der Waals surface area contributed by atoms with E-state index in [1.165, 1.54) is 0 Å². The highest BCUT2D eigenvalue weighted by molar-refractivity contribution is 7.89. The molecule has 5 heterocycles. The molecule has 1 N–H and O–H groups in total. The summed E-state index contributed by atoms with van der Waals surface area (Å²) in [7, 11) is -1.66. The van der Waals surface area contributed by atoms with Crippen LogP contribution in [0.5, 0.6) is 0 Å². The first-order valence-corrected chi connectivity index (χ1v) is 13.7. The van der Waals surface area contributed by atoms with Crippen molar-refractivity contribution in [3.63, 3.8) is 0 Å². The van der Waals surface area contributed by atoms with Crippen LogP contribution in [0.15, 0.2) is 30.7 Å². The number of anilines is 1. The van der Waals surface area contributed by atoms with Crippen LogP contribution in [0, 0.1) is 5.92 Å². The highest BCUT2D eigenvalue weighted by Crippen LogP contribution is 2.34. The number of rotatable bonds is 8. The van der Waals surface area contributed by atoms with E-state index in [1.807, 2.05) is 18.5 Å². The second-order valence-corrected chi connectivity index (χ2v) is 11.3. The van der Waals surface area contributed by atoms with Crippen molar-refractivity contribution in [3.8, 4) is 0 Å². The van der Waals surface area contributed by atoms with Crippen LogP contribution in [0.1, 0.15) is 25.7 Å². The molecule has 3 aromatic heterocycles. The van der Waals surface area contributed by atoms with E-state index in [1.54, 1.807) is 17.6 Å². The van der Waals surface area contributed by atoms with E-state index in [9.17, 15) is 8.42 Å². The van der Waals surface area contributed by atoms with Crippen molar-refractivity contribution in [3.05, 3.63) is 30.7 Å². The summed E-state index contributed by atoms with van der Waals surface area (Å²) < 4.78 is 38.9. The molecule has 2 saturated heterocycles. The van der Waals surface area contributed by atoms with Gasteiger partial charge in [0.1, 0.15) is 0 Å². The molecule has 34 heavy (non-hydrogen) atoms. The number of sulfonamides is 1. The van der Waals surface area contributed by atoms with Crippen molar-refractivity contribution in [2.45, 2.75) is 31.8 Å². The monoisotopic (exact) mass is 487 g/mol. The molecule has 1 unspecified atom stereocenters. The lowest BCUT2D eigenvalue weighted by Gasteiger charge is -2.36. The number of aromatic amines is 1. The predicted molar refractivity (Wildman–Crippen MR) is 133 cm³/mol. The minimum absolute atomic E-state index is 0.0410. The average molecular weight is 488 g/mol. The lowest BCUT2D eigenvalue weighted by atomic mass is 9.98. The number of aromatic nitrogens is 3. The van der Waals surface area contributed by atoms with Gasteiger partial charge in [-0.3, -0.25) is 0 Å². The number of methoxy groups -OCH3 is 1. The molecule has 10 heteroatoms. The second kappa shape index (κ2) is 10.2. The fourth-order valence-corrected chi connectivity index (χ4v) is 7.18. The summed E-state index contributed by atoms with van der Waals surface area (Å²) in [6.45, 7) is 3.74. The van der Waals surface area contributed by atoms with Gasteiger partial charge in [-0.2, -0.15) is 4.31 Å². The van der Waals surface area contributed by atoms with E-state index in [4.69, 9.17) is 9.47 Å². The van der Waals surface area contributed by atoms with Gasteiger partial charge in [0, 0.05) is 62.1 Å². The number of fused-ring (bicyclic) bond motifs is 3. The Kier molecular flexibility index (Phi) is 7.01. The van der Waals surface area contributed by atoms with Crippen LogP contribution in [0.25, 0.3) is 21.9 Å². The van der Waals surface area contributed by atoms with E-state index >= 15 is 0 Å². The van der Waals surface area contributed by atoms with Gasteiger partial charge in [-0.05, 0) is 43.7 Å². The number of piperidine rings is 2. The van der Waals surface area contributed by atoms with Gasteiger partial charge in [-0.1, -0.05) is 0 Å². The van der Waals surface area contributed by atoms with Crippen LogP contribution in [-0.2, 0) is 19.5 Å². The summed E-state index contributed by atoms with van der Waals surface area (Å²) in [6, 6.07) is 4.11. The molecule has 2 aliphatic heterocycles. The lowest BCUT2D eigenvalue weighted by molar-refractivity contribution is -0.00657. The number of ether oxygens (including phenoxy) is 2. The summed E-state index contributed by atoms with van der Waals surface area (Å²) in [5, 5.41) is 2.17. The molecule has 1 atom stereocenters. The van der Waals surface area contributed by atoms with Gasteiger partial charge >= 0.3 is 0 Å². The molecule has 2 fully saturated rings. The summed E-state index contributed by atoms with van der Waals surface area (Å²) in [6.07, 6.45) is 8.98. The van der Waals surface area contributed by atoms with Crippen LogP contribution in [0.2, 0.25) is 0 Å². The van der Waals surface area contributed by atoms with Crippen LogP contribution in [-0.4, -0.2) is 86.0 Å². The summed E-state index contributed by atoms with van der Waals surface area (Å²) >= 11 is 0. The van der Waals surface area contributed by atoms with Crippen molar-refractivity contribution in [1.29, 1.82) is 0 Å². The van der Waals surface area contributed by atoms with Gasteiger partial charge in [0.05, 0.1) is 36.8 Å². The summed E-state index contributed by atoms with van der Waals surface area (Å²) in [4.78, 5) is 14.4. The first-order valence-electron chi connectivity index (χ1n) is 12.1. The van der Waals surface area contributed by atoms with E-state index in [-0.39, 0.29) is 17.8 Å². The molecule has 0 saturated carbocycles. The smallest absolute Gasteiger partial charge is 0.214 e. The molecule has 5 rings (SSSR count). The SMILES string of the molecule is COCCOC1CCCN(S(=O)(=O)CC2CCN(c3cc[nH]c4cnc5nccc5c34)CC2)C1. The number of H-pyrrole nitrogens is 1. The zero-order valence-corrected chi connectivity index (χ0v) is 20.5. The Morgan fingerprint density at radius 1 is 1.12 bits per heavy atom. The minimum Gasteiger partial charge on any atom is -0.382 e. The maximum atomic E-state index is 13.2. The topological polar surface area (TPSA) is 101 Å². The number of hydrogen-bond donors (Lipinski definition) is 1. The zero-order valence-electron chi connectivity index (χ0n) is 19.6. The Labute approximate surface area is 200 Å². The molecule has 9 nitrogen and oxygen atoms in total. The molecule has 0 bridgehead atoms.